The summed E-state index contributed by atoms with van der Waals surface area (Å²) in [4.78, 5) is 20.1. The van der Waals surface area contributed by atoms with Crippen LogP contribution in [0.4, 0.5) is 5.82 Å². The van der Waals surface area contributed by atoms with Gasteiger partial charge in [0.1, 0.15) is 5.75 Å². The normalized spacial score (nSPS) is 10.4. The number of nitrogens with one attached hydrogen (secondary N) is 1. The molecule has 0 atom stereocenters. The average Bonchev–Trinajstić information content (AvgIpc) is 3.01. The van der Waals surface area contributed by atoms with Gasteiger partial charge in [-0.05, 0) is 36.4 Å². The molecule has 0 radical (unpaired) electrons. The first-order valence-corrected chi connectivity index (χ1v) is 7.09. The molecule has 2 heterocycles. The van der Waals surface area contributed by atoms with Crippen LogP contribution in [-0.4, -0.2) is 26.1 Å². The minimum atomic E-state index is -0.385. The molecule has 1 aromatic carbocycles. The SMILES string of the molecule is Cc1nc(COc2ccc(C(=O)Nc3ncccc3O)cc2)no1. The Kier molecular flexibility index (Phi) is 4.37. The molecule has 0 saturated carbocycles. The quantitative estimate of drug-likeness (QED) is 0.740. The number of amides is 1. The highest BCUT2D eigenvalue weighted by atomic mass is 16.5. The lowest BCUT2D eigenvalue weighted by Crippen LogP contribution is -2.12. The Labute approximate surface area is 137 Å². The number of aromatic hydroxyl groups is 1. The zero-order valence-corrected chi connectivity index (χ0v) is 12.8. The fourth-order valence-electron chi connectivity index (χ4n) is 1.92. The number of hydrogen-bond donors (Lipinski definition) is 2. The van der Waals surface area contributed by atoms with Gasteiger partial charge in [-0.2, -0.15) is 4.98 Å². The predicted octanol–water partition coefficient (Wildman–Crippen LogP) is 2.31. The van der Waals surface area contributed by atoms with Gasteiger partial charge in [-0.15, -0.1) is 0 Å². The molecule has 24 heavy (non-hydrogen) atoms. The van der Waals surface area contributed by atoms with Crippen molar-refractivity contribution in [3.8, 4) is 11.5 Å². The molecule has 3 rings (SSSR count). The number of anilines is 1. The summed E-state index contributed by atoms with van der Waals surface area (Å²) in [6.07, 6.45) is 1.48. The topological polar surface area (TPSA) is 110 Å². The number of ether oxygens (including phenoxy) is 1. The lowest BCUT2D eigenvalue weighted by atomic mass is 10.2. The van der Waals surface area contributed by atoms with Crippen LogP contribution < -0.4 is 10.1 Å². The molecule has 1 amide bonds. The van der Waals surface area contributed by atoms with Gasteiger partial charge in [0.05, 0.1) is 0 Å². The number of carbonyl (C=O) groups excluding carboxylic acids is 1. The standard InChI is InChI=1S/C16H14N4O4/c1-10-18-14(20-24-10)9-23-12-6-4-11(5-7-12)16(22)19-15-13(21)3-2-8-17-15/h2-8,21H,9H2,1H3,(H,17,19,22). The van der Waals surface area contributed by atoms with E-state index >= 15 is 0 Å². The van der Waals surface area contributed by atoms with Crippen LogP contribution in [0, 0.1) is 6.92 Å². The van der Waals surface area contributed by atoms with E-state index in [1.54, 1.807) is 37.3 Å². The molecule has 0 spiro atoms. The largest absolute Gasteiger partial charge is 0.504 e. The molecular formula is C16H14N4O4. The summed E-state index contributed by atoms with van der Waals surface area (Å²) in [5.41, 5.74) is 0.405. The maximum absolute atomic E-state index is 12.1. The third kappa shape index (κ3) is 3.67. The summed E-state index contributed by atoms with van der Waals surface area (Å²) in [5, 5.41) is 15.9. The van der Waals surface area contributed by atoms with E-state index < -0.39 is 0 Å². The number of hydrogen-bond acceptors (Lipinski definition) is 7. The van der Waals surface area contributed by atoms with Gasteiger partial charge < -0.3 is 19.7 Å². The van der Waals surface area contributed by atoms with Crippen molar-refractivity contribution in [2.24, 2.45) is 0 Å². The highest BCUT2D eigenvalue weighted by Gasteiger charge is 2.10. The van der Waals surface area contributed by atoms with E-state index in [0.717, 1.165) is 0 Å². The Balaban J connectivity index is 1.61. The third-order valence-electron chi connectivity index (χ3n) is 3.07. The Hall–Kier alpha value is -3.42. The van der Waals surface area contributed by atoms with Crippen LogP contribution in [0.15, 0.2) is 47.1 Å². The smallest absolute Gasteiger partial charge is 0.256 e. The van der Waals surface area contributed by atoms with Crippen molar-refractivity contribution in [1.29, 1.82) is 0 Å². The van der Waals surface area contributed by atoms with Crippen LogP contribution >= 0.6 is 0 Å². The second-order valence-corrected chi connectivity index (χ2v) is 4.87. The van der Waals surface area contributed by atoms with Gasteiger partial charge in [0, 0.05) is 18.7 Å². The first kappa shape index (κ1) is 15.5. The molecule has 2 N–H and O–H groups in total. The molecule has 3 aromatic rings. The zero-order valence-electron chi connectivity index (χ0n) is 12.8. The van der Waals surface area contributed by atoms with E-state index in [1.807, 2.05) is 0 Å². The van der Waals surface area contributed by atoms with Crippen molar-refractivity contribution in [1.82, 2.24) is 15.1 Å². The lowest BCUT2D eigenvalue weighted by molar-refractivity contribution is 0.102. The molecule has 2 aromatic heterocycles. The van der Waals surface area contributed by atoms with E-state index in [-0.39, 0.29) is 24.1 Å². The summed E-state index contributed by atoms with van der Waals surface area (Å²) in [5.74, 6) is 1.11. The Morgan fingerprint density at radius 1 is 1.29 bits per heavy atom. The maximum atomic E-state index is 12.1. The monoisotopic (exact) mass is 326 g/mol. The molecule has 0 bridgehead atoms. The highest BCUT2D eigenvalue weighted by Crippen LogP contribution is 2.20. The molecule has 0 unspecified atom stereocenters. The highest BCUT2D eigenvalue weighted by molar-refractivity contribution is 6.04. The van der Waals surface area contributed by atoms with Crippen LogP contribution in [0.5, 0.6) is 11.5 Å². The molecule has 122 valence electrons. The van der Waals surface area contributed by atoms with Crippen molar-refractivity contribution in [2.45, 2.75) is 13.5 Å². The summed E-state index contributed by atoms with van der Waals surface area (Å²) in [6.45, 7) is 1.87. The first-order valence-electron chi connectivity index (χ1n) is 7.09. The molecule has 8 heteroatoms. The van der Waals surface area contributed by atoms with Crippen molar-refractivity contribution in [2.75, 3.05) is 5.32 Å². The average molecular weight is 326 g/mol. The number of rotatable bonds is 5. The number of nitrogens with zero attached hydrogens (tertiary/aromatic N) is 3. The fourth-order valence-corrected chi connectivity index (χ4v) is 1.92. The van der Waals surface area contributed by atoms with Gasteiger partial charge in [0.15, 0.2) is 18.2 Å². The molecule has 0 fully saturated rings. The van der Waals surface area contributed by atoms with Gasteiger partial charge in [0.2, 0.25) is 11.7 Å². The second kappa shape index (κ2) is 6.78. The van der Waals surface area contributed by atoms with E-state index in [9.17, 15) is 9.90 Å². The Morgan fingerprint density at radius 2 is 2.08 bits per heavy atom. The fraction of sp³-hybridized carbons (Fsp3) is 0.125. The lowest BCUT2D eigenvalue weighted by Gasteiger charge is -2.07. The number of aryl methyl sites for hydroxylation is 1. The Bertz CT molecular complexity index is 845. The second-order valence-electron chi connectivity index (χ2n) is 4.87. The van der Waals surface area contributed by atoms with Crippen LogP contribution in [0.3, 0.4) is 0 Å². The molecule has 0 aliphatic heterocycles. The molecule has 8 nitrogen and oxygen atoms in total. The van der Waals surface area contributed by atoms with Crippen LogP contribution in [0.1, 0.15) is 22.1 Å². The van der Waals surface area contributed by atoms with Gasteiger partial charge in [-0.1, -0.05) is 5.16 Å². The van der Waals surface area contributed by atoms with Gasteiger partial charge in [-0.25, -0.2) is 4.98 Å². The van der Waals surface area contributed by atoms with E-state index in [4.69, 9.17) is 9.26 Å². The minimum absolute atomic E-state index is 0.0961. The van der Waals surface area contributed by atoms with Gasteiger partial charge in [0.25, 0.3) is 5.91 Å². The van der Waals surface area contributed by atoms with Crippen molar-refractivity contribution < 1.29 is 19.2 Å². The number of aromatic nitrogens is 3. The number of pyridine rings is 1. The number of benzene rings is 1. The zero-order chi connectivity index (χ0) is 16.9. The van der Waals surface area contributed by atoms with Crippen LogP contribution in [0.25, 0.3) is 0 Å². The molecule has 0 aliphatic carbocycles. The third-order valence-corrected chi connectivity index (χ3v) is 3.07. The summed E-state index contributed by atoms with van der Waals surface area (Å²) in [6, 6.07) is 9.53. The maximum Gasteiger partial charge on any atom is 0.256 e. The molecule has 0 saturated heterocycles. The van der Waals surface area contributed by atoms with Crippen LogP contribution in [-0.2, 0) is 6.61 Å². The first-order chi connectivity index (χ1) is 11.6. The van der Waals surface area contributed by atoms with Crippen molar-refractivity contribution in [3.63, 3.8) is 0 Å². The minimum Gasteiger partial charge on any atom is -0.504 e. The Morgan fingerprint density at radius 3 is 2.75 bits per heavy atom. The van der Waals surface area contributed by atoms with Crippen molar-refractivity contribution >= 4 is 11.7 Å². The van der Waals surface area contributed by atoms with E-state index in [0.29, 0.717) is 23.0 Å². The van der Waals surface area contributed by atoms with Crippen LogP contribution in [0.2, 0.25) is 0 Å². The summed E-state index contributed by atoms with van der Waals surface area (Å²) >= 11 is 0. The summed E-state index contributed by atoms with van der Waals surface area (Å²) in [7, 11) is 0. The molecular weight excluding hydrogens is 312 g/mol. The van der Waals surface area contributed by atoms with E-state index in [2.05, 4.69) is 20.4 Å². The number of carbonyl (C=O) groups is 1. The van der Waals surface area contributed by atoms with Gasteiger partial charge >= 0.3 is 0 Å². The predicted molar refractivity (Wildman–Crippen MR) is 83.7 cm³/mol. The summed E-state index contributed by atoms with van der Waals surface area (Å²) < 4.78 is 10.4. The van der Waals surface area contributed by atoms with Crippen molar-refractivity contribution in [3.05, 3.63) is 59.9 Å². The van der Waals surface area contributed by atoms with E-state index in [1.165, 1.54) is 12.3 Å². The van der Waals surface area contributed by atoms with Gasteiger partial charge in [-0.3, -0.25) is 4.79 Å². The molecule has 0 aliphatic rings.